The van der Waals surface area contributed by atoms with Crippen LogP contribution in [0.3, 0.4) is 0 Å². The summed E-state index contributed by atoms with van der Waals surface area (Å²) < 4.78 is 18.2. The highest BCUT2D eigenvalue weighted by molar-refractivity contribution is 5.99. The number of anilines is 1. The molecule has 2 atom stereocenters. The number of amides is 2. The molecule has 2 N–H and O–H groups in total. The lowest BCUT2D eigenvalue weighted by Crippen LogP contribution is -2.29. The number of rotatable bonds is 7. The smallest absolute Gasteiger partial charge is 0.228 e. The summed E-state index contributed by atoms with van der Waals surface area (Å²) in [6, 6.07) is 13.4. The predicted molar refractivity (Wildman–Crippen MR) is 96.3 cm³/mol. The SMILES string of the molecule is COc1ccc(CCNC(=O)C2CC2C(=O)Nc2cccc(F)c2)cc1. The summed E-state index contributed by atoms with van der Waals surface area (Å²) in [6.45, 7) is 0.514. The number of halogens is 1. The molecule has 0 radical (unpaired) electrons. The van der Waals surface area contributed by atoms with Gasteiger partial charge in [0.15, 0.2) is 0 Å². The molecular formula is C20H21FN2O3. The van der Waals surface area contributed by atoms with Gasteiger partial charge in [0, 0.05) is 12.2 Å². The maximum atomic E-state index is 13.1. The van der Waals surface area contributed by atoms with E-state index in [0.29, 0.717) is 25.1 Å². The molecule has 2 aromatic carbocycles. The van der Waals surface area contributed by atoms with Gasteiger partial charge in [0.1, 0.15) is 11.6 Å². The van der Waals surface area contributed by atoms with Gasteiger partial charge in [-0.3, -0.25) is 9.59 Å². The molecule has 5 nitrogen and oxygen atoms in total. The largest absolute Gasteiger partial charge is 0.497 e. The maximum absolute atomic E-state index is 13.1. The molecule has 0 aliphatic heterocycles. The number of nitrogens with one attached hydrogen (secondary N) is 2. The highest BCUT2D eigenvalue weighted by Crippen LogP contribution is 2.39. The van der Waals surface area contributed by atoms with E-state index in [1.807, 2.05) is 24.3 Å². The summed E-state index contributed by atoms with van der Waals surface area (Å²) in [7, 11) is 1.62. The number of benzene rings is 2. The first kappa shape index (κ1) is 17.9. The van der Waals surface area contributed by atoms with Crippen molar-refractivity contribution in [1.29, 1.82) is 0 Å². The van der Waals surface area contributed by atoms with Crippen LogP contribution in [0, 0.1) is 17.7 Å². The van der Waals surface area contributed by atoms with Gasteiger partial charge < -0.3 is 15.4 Å². The van der Waals surface area contributed by atoms with Gasteiger partial charge in [0.05, 0.1) is 18.9 Å². The molecule has 2 amide bonds. The Hall–Kier alpha value is -2.89. The van der Waals surface area contributed by atoms with E-state index < -0.39 is 5.82 Å². The van der Waals surface area contributed by atoms with Crippen molar-refractivity contribution in [2.24, 2.45) is 11.8 Å². The second-order valence-corrected chi connectivity index (χ2v) is 6.34. The third-order valence-electron chi connectivity index (χ3n) is 4.43. The molecule has 1 aliphatic rings. The fraction of sp³-hybridized carbons (Fsp3) is 0.300. The van der Waals surface area contributed by atoms with E-state index >= 15 is 0 Å². The summed E-state index contributed by atoms with van der Waals surface area (Å²) in [5.41, 5.74) is 1.50. The minimum absolute atomic E-state index is 0.113. The van der Waals surface area contributed by atoms with Crippen LogP contribution < -0.4 is 15.4 Å². The molecule has 0 saturated heterocycles. The fourth-order valence-electron chi connectivity index (χ4n) is 2.83. The highest BCUT2D eigenvalue weighted by atomic mass is 19.1. The zero-order valence-corrected chi connectivity index (χ0v) is 14.5. The Kier molecular flexibility index (Phi) is 5.51. The van der Waals surface area contributed by atoms with Crippen LogP contribution in [0.25, 0.3) is 0 Å². The Balaban J connectivity index is 1.41. The van der Waals surface area contributed by atoms with Crippen LogP contribution in [0.2, 0.25) is 0 Å². The highest BCUT2D eigenvalue weighted by Gasteiger charge is 2.47. The van der Waals surface area contributed by atoms with Crippen molar-refractivity contribution in [3.05, 3.63) is 59.9 Å². The van der Waals surface area contributed by atoms with Gasteiger partial charge in [-0.25, -0.2) is 4.39 Å². The maximum Gasteiger partial charge on any atom is 0.228 e. The number of hydrogen-bond acceptors (Lipinski definition) is 3. The Labute approximate surface area is 151 Å². The van der Waals surface area contributed by atoms with Crippen molar-refractivity contribution in [3.63, 3.8) is 0 Å². The third kappa shape index (κ3) is 4.59. The topological polar surface area (TPSA) is 67.4 Å². The molecule has 1 fully saturated rings. The quantitative estimate of drug-likeness (QED) is 0.802. The van der Waals surface area contributed by atoms with E-state index in [1.54, 1.807) is 13.2 Å². The van der Waals surface area contributed by atoms with Crippen molar-refractivity contribution in [3.8, 4) is 5.75 Å². The average molecular weight is 356 g/mol. The molecule has 1 aliphatic carbocycles. The summed E-state index contributed by atoms with van der Waals surface area (Å²) in [6.07, 6.45) is 1.23. The third-order valence-corrected chi connectivity index (χ3v) is 4.43. The van der Waals surface area contributed by atoms with E-state index in [0.717, 1.165) is 11.3 Å². The Morgan fingerprint density at radius 3 is 2.54 bits per heavy atom. The number of hydrogen-bond donors (Lipinski definition) is 2. The van der Waals surface area contributed by atoms with Crippen LogP contribution in [0.1, 0.15) is 12.0 Å². The van der Waals surface area contributed by atoms with Crippen LogP contribution in [-0.4, -0.2) is 25.5 Å². The van der Waals surface area contributed by atoms with Gasteiger partial charge >= 0.3 is 0 Å². The number of carbonyl (C=O) groups is 2. The van der Waals surface area contributed by atoms with Gasteiger partial charge in [-0.1, -0.05) is 18.2 Å². The van der Waals surface area contributed by atoms with Crippen LogP contribution in [-0.2, 0) is 16.0 Å². The molecule has 3 rings (SSSR count). The first-order chi connectivity index (χ1) is 12.6. The second-order valence-electron chi connectivity index (χ2n) is 6.34. The van der Waals surface area contributed by atoms with Crippen LogP contribution >= 0.6 is 0 Å². The van der Waals surface area contributed by atoms with Crippen LogP contribution in [0.4, 0.5) is 10.1 Å². The van der Waals surface area contributed by atoms with Gasteiger partial charge in [0.25, 0.3) is 0 Å². The average Bonchev–Trinajstić information content (AvgIpc) is 3.43. The van der Waals surface area contributed by atoms with Gasteiger partial charge in [-0.05, 0) is 48.7 Å². The Morgan fingerprint density at radius 1 is 1.12 bits per heavy atom. The van der Waals surface area contributed by atoms with Crippen LogP contribution in [0.15, 0.2) is 48.5 Å². The van der Waals surface area contributed by atoms with E-state index in [-0.39, 0.29) is 23.7 Å². The normalized spacial score (nSPS) is 18.1. The molecule has 6 heteroatoms. The zero-order valence-electron chi connectivity index (χ0n) is 14.5. The van der Waals surface area contributed by atoms with E-state index in [1.165, 1.54) is 18.2 Å². The second kappa shape index (κ2) is 7.99. The van der Waals surface area contributed by atoms with Crippen molar-refractivity contribution >= 4 is 17.5 Å². The Morgan fingerprint density at radius 2 is 1.85 bits per heavy atom. The predicted octanol–water partition coefficient (Wildman–Crippen LogP) is 2.77. The molecule has 0 heterocycles. The van der Waals surface area contributed by atoms with Crippen molar-refractivity contribution in [2.75, 3.05) is 19.0 Å². The monoisotopic (exact) mass is 356 g/mol. The number of methoxy groups -OCH3 is 1. The van der Waals surface area contributed by atoms with Crippen molar-refractivity contribution in [1.82, 2.24) is 5.32 Å². The fourth-order valence-corrected chi connectivity index (χ4v) is 2.83. The zero-order chi connectivity index (χ0) is 18.5. The minimum atomic E-state index is -0.411. The first-order valence-corrected chi connectivity index (χ1v) is 8.54. The molecular weight excluding hydrogens is 335 g/mol. The minimum Gasteiger partial charge on any atom is -0.497 e. The summed E-state index contributed by atoms with van der Waals surface area (Å²) in [4.78, 5) is 24.3. The van der Waals surface area contributed by atoms with Crippen molar-refractivity contribution in [2.45, 2.75) is 12.8 Å². The lowest BCUT2D eigenvalue weighted by Gasteiger charge is -2.07. The van der Waals surface area contributed by atoms with Gasteiger partial charge in [0.2, 0.25) is 11.8 Å². The van der Waals surface area contributed by atoms with E-state index in [2.05, 4.69) is 10.6 Å². The number of ether oxygens (including phenoxy) is 1. The lowest BCUT2D eigenvalue weighted by atomic mass is 10.1. The molecule has 0 spiro atoms. The molecule has 0 aromatic heterocycles. The summed E-state index contributed by atoms with van der Waals surface area (Å²) in [5.74, 6) is -0.628. The van der Waals surface area contributed by atoms with Crippen molar-refractivity contribution < 1.29 is 18.7 Å². The van der Waals surface area contributed by atoms with E-state index in [4.69, 9.17) is 4.74 Å². The lowest BCUT2D eigenvalue weighted by molar-refractivity contribution is -0.125. The Bertz CT molecular complexity index is 792. The molecule has 136 valence electrons. The summed E-state index contributed by atoms with van der Waals surface area (Å²) >= 11 is 0. The van der Waals surface area contributed by atoms with Gasteiger partial charge in [-0.15, -0.1) is 0 Å². The first-order valence-electron chi connectivity index (χ1n) is 8.54. The molecule has 26 heavy (non-hydrogen) atoms. The van der Waals surface area contributed by atoms with E-state index in [9.17, 15) is 14.0 Å². The molecule has 0 bridgehead atoms. The van der Waals surface area contributed by atoms with Gasteiger partial charge in [-0.2, -0.15) is 0 Å². The number of carbonyl (C=O) groups excluding carboxylic acids is 2. The van der Waals surface area contributed by atoms with Crippen LogP contribution in [0.5, 0.6) is 5.75 Å². The molecule has 1 saturated carbocycles. The standard InChI is InChI=1S/C20H21FN2O3/c1-26-16-7-5-13(6-8-16)9-10-22-19(24)17-12-18(17)20(25)23-15-4-2-3-14(21)11-15/h2-8,11,17-18H,9-10,12H2,1H3,(H,22,24)(H,23,25). The molecule has 2 unspecified atom stereocenters. The molecule has 2 aromatic rings. The summed E-state index contributed by atoms with van der Waals surface area (Å²) in [5, 5.41) is 5.52.